The van der Waals surface area contributed by atoms with E-state index in [4.69, 9.17) is 0 Å². The maximum atomic E-state index is 12.5. The lowest BCUT2D eigenvalue weighted by molar-refractivity contribution is 0.0602. The zero-order valence-electron chi connectivity index (χ0n) is 11.1. The molecule has 0 spiro atoms. The minimum Gasteiger partial charge on any atom is -0.388 e. The van der Waals surface area contributed by atoms with Crippen LogP contribution in [0, 0.1) is 0 Å². The summed E-state index contributed by atoms with van der Waals surface area (Å²) in [5.74, 6) is 0.0682. The zero-order chi connectivity index (χ0) is 13.0. The predicted octanol–water partition coefficient (Wildman–Crippen LogP) is 2.53. The van der Waals surface area contributed by atoms with Gasteiger partial charge < -0.3 is 10.2 Å². The molecule has 0 saturated carbocycles. The Morgan fingerprint density at radius 1 is 1.56 bits per heavy atom. The lowest BCUT2D eigenvalue weighted by Gasteiger charge is -2.35. The van der Waals surface area contributed by atoms with Crippen LogP contribution in [0.25, 0.3) is 0 Å². The summed E-state index contributed by atoms with van der Waals surface area (Å²) in [6.07, 6.45) is 6.16. The molecular weight excluding hydrogens is 226 g/mol. The minimum absolute atomic E-state index is 0.0682. The van der Waals surface area contributed by atoms with Gasteiger partial charge in [-0.3, -0.25) is 9.78 Å². The Morgan fingerprint density at radius 2 is 2.39 bits per heavy atom. The highest BCUT2D eigenvalue weighted by Gasteiger charge is 2.26. The van der Waals surface area contributed by atoms with Crippen molar-refractivity contribution < 1.29 is 4.79 Å². The van der Waals surface area contributed by atoms with Gasteiger partial charge in [0.1, 0.15) is 5.69 Å². The number of hydrogen-bond acceptors (Lipinski definition) is 3. The molecule has 18 heavy (non-hydrogen) atoms. The molecule has 0 bridgehead atoms. The SMILES string of the molecule is CCC1CCCCN1C(=O)c1cc(NC)ccn1. The normalized spacial score (nSPS) is 19.7. The van der Waals surface area contributed by atoms with Crippen LogP contribution in [-0.2, 0) is 0 Å². The van der Waals surface area contributed by atoms with Crippen LogP contribution in [0.5, 0.6) is 0 Å². The Bertz CT molecular complexity index is 419. The molecule has 98 valence electrons. The number of pyridine rings is 1. The molecule has 1 fully saturated rings. The molecule has 2 rings (SSSR count). The fourth-order valence-corrected chi connectivity index (χ4v) is 2.54. The van der Waals surface area contributed by atoms with E-state index in [1.54, 1.807) is 6.20 Å². The van der Waals surface area contributed by atoms with Gasteiger partial charge in [0.05, 0.1) is 0 Å². The van der Waals surface area contributed by atoms with Crippen LogP contribution in [0.2, 0.25) is 0 Å². The maximum Gasteiger partial charge on any atom is 0.272 e. The van der Waals surface area contributed by atoms with E-state index >= 15 is 0 Å². The number of aromatic nitrogens is 1. The first-order valence-corrected chi connectivity index (χ1v) is 6.71. The highest BCUT2D eigenvalue weighted by molar-refractivity contribution is 5.93. The number of piperidine rings is 1. The molecule has 4 heteroatoms. The summed E-state index contributed by atoms with van der Waals surface area (Å²) in [5.41, 5.74) is 1.47. The first-order valence-electron chi connectivity index (χ1n) is 6.71. The van der Waals surface area contributed by atoms with Crippen molar-refractivity contribution in [2.75, 3.05) is 18.9 Å². The van der Waals surface area contributed by atoms with E-state index < -0.39 is 0 Å². The fraction of sp³-hybridized carbons (Fsp3) is 0.571. The molecule has 1 atom stereocenters. The third-order valence-electron chi connectivity index (χ3n) is 3.63. The van der Waals surface area contributed by atoms with Crippen LogP contribution in [0.3, 0.4) is 0 Å². The van der Waals surface area contributed by atoms with Gasteiger partial charge in [-0.1, -0.05) is 6.92 Å². The van der Waals surface area contributed by atoms with Gasteiger partial charge in [-0.05, 0) is 37.8 Å². The average Bonchev–Trinajstić information content (AvgIpc) is 2.46. The van der Waals surface area contributed by atoms with Crippen molar-refractivity contribution >= 4 is 11.6 Å². The van der Waals surface area contributed by atoms with Crippen molar-refractivity contribution in [3.63, 3.8) is 0 Å². The summed E-state index contributed by atoms with van der Waals surface area (Å²) in [6, 6.07) is 4.07. The van der Waals surface area contributed by atoms with Crippen LogP contribution in [-0.4, -0.2) is 35.4 Å². The van der Waals surface area contributed by atoms with Gasteiger partial charge in [0.2, 0.25) is 0 Å². The standard InChI is InChI=1S/C14H21N3O/c1-3-12-6-4-5-9-17(12)14(18)13-10-11(15-2)7-8-16-13/h7-8,10,12H,3-6,9H2,1-2H3,(H,15,16). The van der Waals surface area contributed by atoms with E-state index in [9.17, 15) is 4.79 Å². The molecule has 1 saturated heterocycles. The third-order valence-corrected chi connectivity index (χ3v) is 3.63. The molecule has 1 aromatic rings. The molecule has 1 unspecified atom stereocenters. The van der Waals surface area contributed by atoms with E-state index in [0.717, 1.165) is 31.5 Å². The number of nitrogens with one attached hydrogen (secondary N) is 1. The Balaban J connectivity index is 2.18. The highest BCUT2D eigenvalue weighted by atomic mass is 16.2. The van der Waals surface area contributed by atoms with Crippen molar-refractivity contribution in [3.05, 3.63) is 24.0 Å². The Labute approximate surface area is 108 Å². The van der Waals surface area contributed by atoms with Gasteiger partial charge in [-0.2, -0.15) is 0 Å². The number of carbonyl (C=O) groups is 1. The first-order chi connectivity index (χ1) is 8.76. The first kappa shape index (κ1) is 12.9. The van der Waals surface area contributed by atoms with Gasteiger partial charge in [-0.25, -0.2) is 0 Å². The van der Waals surface area contributed by atoms with E-state index in [1.165, 1.54) is 6.42 Å². The van der Waals surface area contributed by atoms with Crippen LogP contribution < -0.4 is 5.32 Å². The molecule has 0 aromatic carbocycles. The topological polar surface area (TPSA) is 45.2 Å². The van der Waals surface area contributed by atoms with Crippen molar-refractivity contribution in [2.45, 2.75) is 38.6 Å². The maximum absolute atomic E-state index is 12.5. The lowest BCUT2D eigenvalue weighted by Crippen LogP contribution is -2.43. The van der Waals surface area contributed by atoms with E-state index in [-0.39, 0.29) is 5.91 Å². The number of carbonyl (C=O) groups excluding carboxylic acids is 1. The number of rotatable bonds is 3. The van der Waals surface area contributed by atoms with E-state index in [2.05, 4.69) is 17.2 Å². The molecule has 1 aliphatic rings. The molecule has 1 aliphatic heterocycles. The molecule has 1 aromatic heterocycles. The molecule has 1 amide bonds. The monoisotopic (exact) mass is 247 g/mol. The molecule has 2 heterocycles. The number of nitrogens with zero attached hydrogens (tertiary/aromatic N) is 2. The van der Waals surface area contributed by atoms with Gasteiger partial charge in [-0.15, -0.1) is 0 Å². The third kappa shape index (κ3) is 2.63. The van der Waals surface area contributed by atoms with E-state index in [1.807, 2.05) is 24.1 Å². The van der Waals surface area contributed by atoms with Crippen LogP contribution >= 0.6 is 0 Å². The van der Waals surface area contributed by atoms with Gasteiger partial charge in [0.15, 0.2) is 0 Å². The Morgan fingerprint density at radius 3 is 3.11 bits per heavy atom. The smallest absolute Gasteiger partial charge is 0.272 e. The van der Waals surface area contributed by atoms with Crippen molar-refractivity contribution in [1.82, 2.24) is 9.88 Å². The second kappa shape index (κ2) is 5.85. The molecule has 0 aliphatic carbocycles. The minimum atomic E-state index is 0.0682. The fourth-order valence-electron chi connectivity index (χ4n) is 2.54. The molecule has 4 nitrogen and oxygen atoms in total. The number of anilines is 1. The lowest BCUT2D eigenvalue weighted by atomic mass is 9.99. The Hall–Kier alpha value is -1.58. The number of amides is 1. The summed E-state index contributed by atoms with van der Waals surface area (Å²) < 4.78 is 0. The highest BCUT2D eigenvalue weighted by Crippen LogP contribution is 2.21. The predicted molar refractivity (Wildman–Crippen MR) is 72.8 cm³/mol. The number of hydrogen-bond donors (Lipinski definition) is 1. The largest absolute Gasteiger partial charge is 0.388 e. The van der Waals surface area contributed by atoms with Crippen LogP contribution in [0.1, 0.15) is 43.1 Å². The van der Waals surface area contributed by atoms with Crippen LogP contribution in [0.4, 0.5) is 5.69 Å². The summed E-state index contributed by atoms with van der Waals surface area (Å²) in [7, 11) is 1.85. The van der Waals surface area contributed by atoms with Gasteiger partial charge in [0, 0.05) is 31.5 Å². The summed E-state index contributed by atoms with van der Waals surface area (Å²) in [4.78, 5) is 18.7. The van der Waals surface area contributed by atoms with Gasteiger partial charge >= 0.3 is 0 Å². The van der Waals surface area contributed by atoms with Crippen molar-refractivity contribution in [2.24, 2.45) is 0 Å². The van der Waals surface area contributed by atoms with Gasteiger partial charge in [0.25, 0.3) is 5.91 Å². The van der Waals surface area contributed by atoms with Crippen molar-refractivity contribution in [3.8, 4) is 0 Å². The summed E-state index contributed by atoms with van der Waals surface area (Å²) in [6.45, 7) is 3.01. The number of likely N-dealkylation sites (tertiary alicyclic amines) is 1. The second-order valence-corrected chi connectivity index (χ2v) is 4.74. The second-order valence-electron chi connectivity index (χ2n) is 4.74. The quantitative estimate of drug-likeness (QED) is 0.892. The molecule has 0 radical (unpaired) electrons. The molecule has 1 N–H and O–H groups in total. The molecular formula is C14H21N3O. The Kier molecular flexibility index (Phi) is 4.18. The van der Waals surface area contributed by atoms with Crippen LogP contribution in [0.15, 0.2) is 18.3 Å². The summed E-state index contributed by atoms with van der Waals surface area (Å²) >= 11 is 0. The van der Waals surface area contributed by atoms with E-state index in [0.29, 0.717) is 11.7 Å². The average molecular weight is 247 g/mol. The van der Waals surface area contributed by atoms with Crippen molar-refractivity contribution in [1.29, 1.82) is 0 Å². The zero-order valence-corrected chi connectivity index (χ0v) is 11.1. The summed E-state index contributed by atoms with van der Waals surface area (Å²) in [5, 5.41) is 3.04.